The molecule has 0 bridgehead atoms. The molecule has 11 heteroatoms. The molecule has 0 unspecified atom stereocenters. The smallest absolute Gasteiger partial charge is 0.318 e. The molecule has 0 aliphatic carbocycles. The fraction of sp³-hybridized carbons (Fsp3) is 0.250. The number of ether oxygens (including phenoxy) is 1. The lowest BCUT2D eigenvalue weighted by Crippen LogP contribution is -2.06. The molecule has 0 saturated carbocycles. The maximum Gasteiger partial charge on any atom is 0.318 e. The van der Waals surface area contributed by atoms with Crippen LogP contribution in [0, 0.1) is 5.82 Å². The van der Waals surface area contributed by atoms with Gasteiger partial charge < -0.3 is 19.7 Å². The third kappa shape index (κ3) is 4.21. The third-order valence-electron chi connectivity index (χ3n) is 5.92. The highest BCUT2D eigenvalue weighted by molar-refractivity contribution is 6.31. The largest absolute Gasteiger partial charge is 0.494 e. The summed E-state index contributed by atoms with van der Waals surface area (Å²) >= 11 is 6.19. The Hall–Kier alpha value is -3.92. The minimum Gasteiger partial charge on any atom is -0.494 e. The number of fused-ring (bicyclic) bond motifs is 2. The van der Waals surface area contributed by atoms with Gasteiger partial charge in [0, 0.05) is 36.8 Å². The molecular weight excluding hydrogens is 473 g/mol. The summed E-state index contributed by atoms with van der Waals surface area (Å²) in [6.07, 6.45) is 2.64. The number of rotatable bonds is 7. The van der Waals surface area contributed by atoms with E-state index in [4.69, 9.17) is 16.3 Å². The van der Waals surface area contributed by atoms with Gasteiger partial charge in [0.05, 0.1) is 30.1 Å². The first-order valence-electron chi connectivity index (χ1n) is 11.0. The Morgan fingerprint density at radius 3 is 2.77 bits per heavy atom. The quantitative estimate of drug-likeness (QED) is 0.344. The minimum absolute atomic E-state index is 0.0233. The Morgan fingerprint density at radius 1 is 1.17 bits per heavy atom. The Labute approximate surface area is 205 Å². The number of methoxy groups -OCH3 is 1. The number of hydrogen-bond acceptors (Lipinski definition) is 7. The molecule has 35 heavy (non-hydrogen) atoms. The maximum atomic E-state index is 14.7. The molecule has 2 N–H and O–H groups in total. The summed E-state index contributed by atoms with van der Waals surface area (Å²) in [4.78, 5) is 12.8. The molecule has 2 aromatic carbocycles. The summed E-state index contributed by atoms with van der Waals surface area (Å²) in [5.74, 6) is 0.864. The summed E-state index contributed by atoms with van der Waals surface area (Å²) in [7, 11) is 3.40. The van der Waals surface area contributed by atoms with Gasteiger partial charge in [0.1, 0.15) is 11.6 Å². The zero-order valence-electron chi connectivity index (χ0n) is 19.4. The van der Waals surface area contributed by atoms with E-state index >= 15 is 0 Å². The van der Waals surface area contributed by atoms with Gasteiger partial charge in [-0.25, -0.2) is 9.37 Å². The second-order valence-electron chi connectivity index (χ2n) is 8.10. The molecule has 5 aromatic rings. The normalized spacial score (nSPS) is 11.5. The predicted octanol–water partition coefficient (Wildman–Crippen LogP) is 4.44. The van der Waals surface area contributed by atoms with Crippen molar-refractivity contribution in [3.63, 3.8) is 0 Å². The van der Waals surface area contributed by atoms with Crippen molar-refractivity contribution in [3.05, 3.63) is 64.3 Å². The molecule has 0 aliphatic heterocycles. The summed E-state index contributed by atoms with van der Waals surface area (Å²) in [5, 5.41) is 18.4. The van der Waals surface area contributed by atoms with Crippen LogP contribution in [0.5, 0.6) is 11.8 Å². The lowest BCUT2D eigenvalue weighted by Gasteiger charge is -2.11. The number of aromatic nitrogens is 6. The molecule has 0 spiro atoms. The standard InChI is InChI=1S/C24H23ClFN7O2/c1-4-20-28-17-7-5-13(9-18(17)32(20)2)11-33-12-15-22(29-24(34)30-23(15)31-33)27-10-14-16(25)6-8-19(35-3)21(14)26/h5-9,12H,4,10-11H2,1-3H3,(H2,27,29,30,31,34). The molecular formula is C24H23ClFN7O2. The fourth-order valence-corrected chi connectivity index (χ4v) is 4.32. The Morgan fingerprint density at radius 2 is 2.00 bits per heavy atom. The third-order valence-corrected chi connectivity index (χ3v) is 6.27. The van der Waals surface area contributed by atoms with Crippen LogP contribution in [0.25, 0.3) is 22.1 Å². The fourth-order valence-electron chi connectivity index (χ4n) is 4.11. The summed E-state index contributed by atoms with van der Waals surface area (Å²) < 4.78 is 23.5. The van der Waals surface area contributed by atoms with Crippen LogP contribution in [-0.4, -0.2) is 41.5 Å². The molecule has 0 fully saturated rings. The highest BCUT2D eigenvalue weighted by atomic mass is 35.5. The number of nitrogens with zero attached hydrogens (tertiary/aromatic N) is 6. The van der Waals surface area contributed by atoms with E-state index in [0.29, 0.717) is 23.4 Å². The van der Waals surface area contributed by atoms with Gasteiger partial charge in [-0.3, -0.25) is 4.68 Å². The van der Waals surface area contributed by atoms with E-state index in [1.54, 1.807) is 16.9 Å². The number of halogens is 2. The monoisotopic (exact) mass is 495 g/mol. The van der Waals surface area contributed by atoms with Crippen molar-refractivity contribution in [3.8, 4) is 11.8 Å². The summed E-state index contributed by atoms with van der Waals surface area (Å²) in [6.45, 7) is 2.58. The minimum atomic E-state index is -0.561. The van der Waals surface area contributed by atoms with Crippen molar-refractivity contribution in [2.45, 2.75) is 26.4 Å². The molecule has 0 amide bonds. The van der Waals surface area contributed by atoms with Crippen molar-refractivity contribution in [2.24, 2.45) is 7.05 Å². The topological polar surface area (TPSA) is 103 Å². The van der Waals surface area contributed by atoms with Gasteiger partial charge in [-0.05, 0) is 29.8 Å². The highest BCUT2D eigenvalue weighted by Gasteiger charge is 2.16. The van der Waals surface area contributed by atoms with Crippen molar-refractivity contribution in [1.29, 1.82) is 0 Å². The van der Waals surface area contributed by atoms with Gasteiger partial charge in [0.2, 0.25) is 0 Å². The maximum absolute atomic E-state index is 14.7. The van der Waals surface area contributed by atoms with E-state index < -0.39 is 11.8 Å². The summed E-state index contributed by atoms with van der Waals surface area (Å²) in [5.41, 5.74) is 3.57. The van der Waals surface area contributed by atoms with Crippen molar-refractivity contribution in [2.75, 3.05) is 12.4 Å². The zero-order chi connectivity index (χ0) is 24.7. The molecule has 180 valence electrons. The van der Waals surface area contributed by atoms with Crippen LogP contribution >= 0.6 is 11.6 Å². The number of nitrogens with one attached hydrogen (secondary N) is 1. The van der Waals surface area contributed by atoms with Crippen molar-refractivity contribution < 1.29 is 14.2 Å². The Balaban J connectivity index is 1.44. The molecule has 0 aliphatic rings. The van der Waals surface area contributed by atoms with Crippen molar-refractivity contribution in [1.82, 2.24) is 29.3 Å². The van der Waals surface area contributed by atoms with Crippen molar-refractivity contribution >= 4 is 39.5 Å². The average molecular weight is 496 g/mol. The van der Waals surface area contributed by atoms with Crippen LogP contribution in [0.2, 0.25) is 5.02 Å². The molecule has 0 atom stereocenters. The van der Waals surface area contributed by atoms with Gasteiger partial charge in [0.25, 0.3) is 0 Å². The van der Waals surface area contributed by atoms with Crippen LogP contribution in [0.1, 0.15) is 23.9 Å². The first-order valence-corrected chi connectivity index (χ1v) is 11.4. The average Bonchev–Trinajstić information content (AvgIpc) is 3.38. The second kappa shape index (κ2) is 9.03. The Kier molecular flexibility index (Phi) is 5.89. The molecule has 0 radical (unpaired) electrons. The van der Waals surface area contributed by atoms with Crippen LogP contribution in [-0.2, 0) is 26.6 Å². The van der Waals surface area contributed by atoms with E-state index in [2.05, 4.69) is 42.9 Å². The SMILES string of the molecule is CCc1nc2ccc(Cn3cc4c(NCc5c(Cl)ccc(OC)c5F)nc(O)nc4n3)cc2n1C. The zero-order valence-corrected chi connectivity index (χ0v) is 20.1. The van der Waals surface area contributed by atoms with Crippen LogP contribution in [0.3, 0.4) is 0 Å². The second-order valence-corrected chi connectivity index (χ2v) is 8.50. The molecule has 9 nitrogen and oxygen atoms in total. The highest BCUT2D eigenvalue weighted by Crippen LogP contribution is 2.29. The molecule has 0 saturated heterocycles. The van der Waals surface area contributed by atoms with Gasteiger partial charge in [-0.1, -0.05) is 24.6 Å². The molecule has 3 heterocycles. The predicted molar refractivity (Wildman–Crippen MR) is 131 cm³/mol. The number of imidazole rings is 1. The number of aryl methyl sites for hydroxylation is 2. The van der Waals surface area contributed by atoms with Gasteiger partial charge in [-0.2, -0.15) is 15.1 Å². The van der Waals surface area contributed by atoms with Gasteiger partial charge >= 0.3 is 6.01 Å². The molecule has 5 rings (SSSR count). The van der Waals surface area contributed by atoms with Crippen LogP contribution < -0.4 is 10.1 Å². The van der Waals surface area contributed by atoms with E-state index in [0.717, 1.165) is 28.8 Å². The number of anilines is 1. The lowest BCUT2D eigenvalue weighted by molar-refractivity contribution is 0.384. The van der Waals surface area contributed by atoms with Gasteiger partial charge in [-0.15, -0.1) is 0 Å². The van der Waals surface area contributed by atoms with Crippen LogP contribution in [0.15, 0.2) is 36.5 Å². The van der Waals surface area contributed by atoms with E-state index in [-0.39, 0.29) is 22.9 Å². The lowest BCUT2D eigenvalue weighted by atomic mass is 10.2. The van der Waals surface area contributed by atoms with Gasteiger partial charge in [0.15, 0.2) is 17.2 Å². The molecule has 3 aromatic heterocycles. The first-order chi connectivity index (χ1) is 16.9. The number of benzene rings is 2. The van der Waals surface area contributed by atoms with E-state index in [1.165, 1.54) is 13.2 Å². The van der Waals surface area contributed by atoms with Crippen LogP contribution in [0.4, 0.5) is 10.2 Å². The first kappa shape index (κ1) is 22.9. The van der Waals surface area contributed by atoms with E-state index in [1.807, 2.05) is 19.2 Å². The number of hydrogen-bond donors (Lipinski definition) is 2. The summed E-state index contributed by atoms with van der Waals surface area (Å²) in [6, 6.07) is 8.68. The Bertz CT molecular complexity index is 1560. The van der Waals surface area contributed by atoms with E-state index in [9.17, 15) is 9.50 Å². The number of aromatic hydroxyl groups is 1.